The molecule has 0 atom stereocenters. The van der Waals surface area contributed by atoms with Gasteiger partial charge in [0, 0.05) is 11.3 Å². The highest BCUT2D eigenvalue weighted by Crippen LogP contribution is 2.29. The summed E-state index contributed by atoms with van der Waals surface area (Å²) in [6.07, 6.45) is 0.0952. The Morgan fingerprint density at radius 2 is 1.76 bits per heavy atom. The van der Waals surface area contributed by atoms with Crippen LogP contribution in [0.2, 0.25) is 0 Å². The molecule has 0 radical (unpaired) electrons. The fourth-order valence-electron chi connectivity index (χ4n) is 3.03. The lowest BCUT2D eigenvalue weighted by Gasteiger charge is -2.14. The smallest absolute Gasteiger partial charge is 0.413 e. The highest BCUT2D eigenvalue weighted by molar-refractivity contribution is 5.88. The van der Waals surface area contributed by atoms with Crippen LogP contribution in [0, 0.1) is 17.2 Å². The maximum absolute atomic E-state index is 12.4. The van der Waals surface area contributed by atoms with E-state index in [1.807, 2.05) is 66.7 Å². The second kappa shape index (κ2) is 9.52. The zero-order chi connectivity index (χ0) is 20.6. The molecule has 1 heterocycles. The summed E-state index contributed by atoms with van der Waals surface area (Å²) in [6, 6.07) is 23.2. The van der Waals surface area contributed by atoms with Gasteiger partial charge in [0.1, 0.15) is 18.2 Å². The van der Waals surface area contributed by atoms with Crippen molar-refractivity contribution in [1.82, 2.24) is 4.98 Å². The summed E-state index contributed by atoms with van der Waals surface area (Å²) in [4.78, 5) is 16.9. The summed E-state index contributed by atoms with van der Waals surface area (Å²) in [5, 5.41) is 12.4. The fourth-order valence-corrected chi connectivity index (χ4v) is 3.03. The van der Waals surface area contributed by atoms with Gasteiger partial charge in [-0.05, 0) is 29.5 Å². The number of carbonyl (C=O) groups is 1. The number of aromatic nitrogens is 1. The zero-order valence-corrected chi connectivity index (χ0v) is 16.6. The van der Waals surface area contributed by atoms with Crippen LogP contribution < -0.4 is 5.32 Å². The third kappa shape index (κ3) is 5.43. The number of carbonyl (C=O) groups excluding carboxylic acids is 1. The summed E-state index contributed by atoms with van der Waals surface area (Å²) in [7, 11) is 0. The molecule has 1 amide bonds. The molecule has 0 saturated heterocycles. The number of nitrogens with zero attached hydrogens (tertiary/aromatic N) is 2. The van der Waals surface area contributed by atoms with Crippen LogP contribution in [0.5, 0.6) is 0 Å². The highest BCUT2D eigenvalue weighted by atomic mass is 16.5. The molecule has 29 heavy (non-hydrogen) atoms. The van der Waals surface area contributed by atoms with Gasteiger partial charge in [0.15, 0.2) is 5.82 Å². The first-order valence-electron chi connectivity index (χ1n) is 9.54. The molecule has 0 saturated carbocycles. The molecule has 3 aromatic rings. The number of anilines is 1. The lowest BCUT2D eigenvalue weighted by Crippen LogP contribution is -2.17. The molecule has 0 unspecified atom stereocenters. The zero-order valence-electron chi connectivity index (χ0n) is 16.6. The Hall–Kier alpha value is -3.65. The minimum absolute atomic E-state index is 0.145. The van der Waals surface area contributed by atoms with Crippen LogP contribution in [0.4, 0.5) is 10.6 Å². The predicted octanol–water partition coefficient (Wildman–Crippen LogP) is 5.57. The maximum atomic E-state index is 12.4. The Morgan fingerprint density at radius 1 is 1.10 bits per heavy atom. The van der Waals surface area contributed by atoms with Gasteiger partial charge in [0.05, 0.1) is 0 Å². The molecule has 0 spiro atoms. The van der Waals surface area contributed by atoms with Crippen molar-refractivity contribution in [2.75, 3.05) is 5.32 Å². The highest BCUT2D eigenvalue weighted by Gasteiger charge is 2.17. The third-order valence-electron chi connectivity index (χ3n) is 4.32. The van der Waals surface area contributed by atoms with Crippen molar-refractivity contribution in [2.24, 2.45) is 5.92 Å². The van der Waals surface area contributed by atoms with Crippen molar-refractivity contribution in [1.29, 1.82) is 5.26 Å². The van der Waals surface area contributed by atoms with E-state index in [0.717, 1.165) is 28.8 Å². The van der Waals surface area contributed by atoms with Crippen LogP contribution in [-0.2, 0) is 17.8 Å². The molecule has 146 valence electrons. The van der Waals surface area contributed by atoms with Gasteiger partial charge >= 0.3 is 6.09 Å². The first-order chi connectivity index (χ1) is 14.1. The summed E-state index contributed by atoms with van der Waals surface area (Å²) in [5.41, 5.74) is 3.67. The van der Waals surface area contributed by atoms with Crippen molar-refractivity contribution in [3.63, 3.8) is 0 Å². The molecule has 0 bridgehead atoms. The maximum Gasteiger partial charge on any atom is 0.413 e. The second-order valence-electron chi connectivity index (χ2n) is 7.15. The van der Waals surface area contributed by atoms with E-state index >= 15 is 0 Å². The number of nitriles is 1. The molecule has 0 aliphatic carbocycles. The van der Waals surface area contributed by atoms with Crippen LogP contribution >= 0.6 is 0 Å². The molecular weight excluding hydrogens is 362 g/mol. The largest absolute Gasteiger partial charge is 0.444 e. The average Bonchev–Trinajstić information content (AvgIpc) is 2.73. The van der Waals surface area contributed by atoms with Gasteiger partial charge in [0.2, 0.25) is 0 Å². The molecule has 5 heteroatoms. The average molecular weight is 385 g/mol. The summed E-state index contributed by atoms with van der Waals surface area (Å²) in [6.45, 7) is 4.35. The van der Waals surface area contributed by atoms with E-state index in [1.165, 1.54) is 0 Å². The van der Waals surface area contributed by atoms with Crippen LogP contribution in [-0.4, -0.2) is 11.1 Å². The van der Waals surface area contributed by atoms with Crippen molar-refractivity contribution in [2.45, 2.75) is 26.9 Å². The van der Waals surface area contributed by atoms with E-state index in [0.29, 0.717) is 11.5 Å². The van der Waals surface area contributed by atoms with Gasteiger partial charge in [-0.2, -0.15) is 5.26 Å². The molecular formula is C24H23N3O2. The minimum atomic E-state index is -0.640. The van der Waals surface area contributed by atoms with Crippen LogP contribution in [0.25, 0.3) is 11.1 Å². The Balaban J connectivity index is 1.89. The van der Waals surface area contributed by atoms with Crippen molar-refractivity contribution in [3.05, 3.63) is 83.6 Å². The Kier molecular flexibility index (Phi) is 6.59. The van der Waals surface area contributed by atoms with Crippen molar-refractivity contribution >= 4 is 11.9 Å². The number of pyridine rings is 1. The number of benzene rings is 2. The SMILES string of the molecule is CC(C)Cc1cc(-c2ccccc2)c(C#N)c(NC(=O)OCc2ccccc2)n1. The third-order valence-corrected chi connectivity index (χ3v) is 4.32. The van der Waals surface area contributed by atoms with Gasteiger partial charge in [-0.15, -0.1) is 0 Å². The number of hydrogen-bond donors (Lipinski definition) is 1. The normalized spacial score (nSPS) is 10.4. The van der Waals surface area contributed by atoms with Crippen molar-refractivity contribution in [3.8, 4) is 17.2 Å². The fraction of sp³-hybridized carbons (Fsp3) is 0.208. The summed E-state index contributed by atoms with van der Waals surface area (Å²) >= 11 is 0. The number of hydrogen-bond acceptors (Lipinski definition) is 4. The van der Waals surface area contributed by atoms with Gasteiger partial charge in [-0.1, -0.05) is 74.5 Å². The van der Waals surface area contributed by atoms with Crippen LogP contribution in [0.1, 0.15) is 30.7 Å². The lowest BCUT2D eigenvalue weighted by molar-refractivity contribution is 0.155. The molecule has 2 aromatic carbocycles. The molecule has 0 aliphatic heterocycles. The lowest BCUT2D eigenvalue weighted by atomic mass is 9.98. The Bertz CT molecular complexity index is 1010. The van der Waals surface area contributed by atoms with E-state index in [2.05, 4.69) is 30.2 Å². The number of nitrogens with one attached hydrogen (secondary N) is 1. The summed E-state index contributed by atoms with van der Waals surface area (Å²) < 4.78 is 5.30. The molecule has 3 rings (SSSR count). The Morgan fingerprint density at radius 3 is 2.38 bits per heavy atom. The molecule has 0 fully saturated rings. The van der Waals surface area contributed by atoms with E-state index in [-0.39, 0.29) is 12.4 Å². The number of amides is 1. The van der Waals surface area contributed by atoms with Gasteiger partial charge in [-0.25, -0.2) is 9.78 Å². The molecule has 0 aliphatic rings. The molecule has 5 nitrogen and oxygen atoms in total. The number of rotatable bonds is 6. The number of ether oxygens (including phenoxy) is 1. The van der Waals surface area contributed by atoms with Gasteiger partial charge in [-0.3, -0.25) is 5.32 Å². The quantitative estimate of drug-likeness (QED) is 0.602. The van der Waals surface area contributed by atoms with Gasteiger partial charge < -0.3 is 4.74 Å². The van der Waals surface area contributed by atoms with Crippen molar-refractivity contribution < 1.29 is 9.53 Å². The topological polar surface area (TPSA) is 75.0 Å². The molecule has 1 aromatic heterocycles. The van der Waals surface area contributed by atoms with Crippen LogP contribution in [0.15, 0.2) is 66.7 Å². The predicted molar refractivity (Wildman–Crippen MR) is 113 cm³/mol. The van der Waals surface area contributed by atoms with Gasteiger partial charge in [0.25, 0.3) is 0 Å². The minimum Gasteiger partial charge on any atom is -0.444 e. The van der Waals surface area contributed by atoms with E-state index < -0.39 is 6.09 Å². The second-order valence-corrected chi connectivity index (χ2v) is 7.15. The first-order valence-corrected chi connectivity index (χ1v) is 9.54. The van der Waals surface area contributed by atoms with Crippen LogP contribution in [0.3, 0.4) is 0 Å². The Labute approximate surface area is 171 Å². The van der Waals surface area contributed by atoms with E-state index in [9.17, 15) is 10.1 Å². The van der Waals surface area contributed by atoms with E-state index in [4.69, 9.17) is 4.74 Å². The monoisotopic (exact) mass is 385 g/mol. The molecule has 1 N–H and O–H groups in total. The standard InChI is InChI=1S/C24H23N3O2/c1-17(2)13-20-14-21(19-11-7-4-8-12-19)22(15-25)23(26-20)27-24(28)29-16-18-9-5-3-6-10-18/h3-12,14,17H,13,16H2,1-2H3,(H,26,27,28). The van der Waals surface area contributed by atoms with E-state index in [1.54, 1.807) is 0 Å². The first kappa shape index (κ1) is 20.1. The summed E-state index contributed by atoms with van der Waals surface area (Å²) in [5.74, 6) is 0.611.